The molecule has 0 aliphatic carbocycles. The first-order valence-electron chi connectivity index (χ1n) is 11.2. The van der Waals surface area contributed by atoms with Gasteiger partial charge >= 0.3 is 29.6 Å². The molecular weight excluding hydrogens is 459 g/mol. The number of benzene rings is 2. The summed E-state index contributed by atoms with van der Waals surface area (Å²) in [4.78, 5) is 40.9. The summed E-state index contributed by atoms with van der Waals surface area (Å²) >= 11 is 0. The number of aromatic nitrogens is 2. The Morgan fingerprint density at radius 3 is 2.11 bits per heavy atom. The predicted molar refractivity (Wildman–Crippen MR) is 122 cm³/mol. The molecule has 9 nitrogen and oxygen atoms in total. The zero-order chi connectivity index (χ0) is 23.8. The molecule has 2 aliphatic rings. The molecule has 0 unspecified atom stereocenters. The van der Waals surface area contributed by atoms with Crippen LogP contribution in [0.25, 0.3) is 5.69 Å². The van der Waals surface area contributed by atoms with Crippen molar-refractivity contribution in [2.75, 3.05) is 30.0 Å². The smallest absolute Gasteiger partial charge is 0.543 e. The summed E-state index contributed by atoms with van der Waals surface area (Å²) in [7, 11) is 1.55. The summed E-state index contributed by atoms with van der Waals surface area (Å²) in [5, 5.41) is 15.9. The van der Waals surface area contributed by atoms with Gasteiger partial charge in [-0.15, -0.1) is 0 Å². The molecule has 3 aromatic rings. The summed E-state index contributed by atoms with van der Waals surface area (Å²) in [5.74, 6) is -1.03. The first kappa shape index (κ1) is 25.0. The number of amides is 2. The standard InChI is InChI=1S/C25H24N4O5.Na/c1-34-19-11-9-18(10-12-19)29-23-20(22(26-29)25(32)33)13-15-28(24(23)31)17-7-5-16(6-8-17)27-14-3-2-4-21(27)30;/h5-12H,2-4,13-15H2,1H3,(H,32,33);/q;+1/p-1. The molecule has 1 fully saturated rings. The van der Waals surface area contributed by atoms with Gasteiger partial charge in [0.2, 0.25) is 5.91 Å². The number of carbonyl (C=O) groups is 3. The average molecular weight is 482 g/mol. The van der Waals surface area contributed by atoms with E-state index in [9.17, 15) is 19.5 Å². The molecule has 10 heteroatoms. The van der Waals surface area contributed by atoms with Gasteiger partial charge in [-0.2, -0.15) is 5.10 Å². The summed E-state index contributed by atoms with van der Waals surface area (Å²) in [6.07, 6.45) is 2.75. The first-order chi connectivity index (χ1) is 16.5. The van der Waals surface area contributed by atoms with Crippen molar-refractivity contribution >= 4 is 29.2 Å². The van der Waals surface area contributed by atoms with Crippen molar-refractivity contribution in [1.82, 2.24) is 9.78 Å². The normalized spacial score (nSPS) is 15.5. The molecule has 174 valence electrons. The van der Waals surface area contributed by atoms with Gasteiger partial charge in [0.25, 0.3) is 5.91 Å². The van der Waals surface area contributed by atoms with Crippen molar-refractivity contribution in [2.24, 2.45) is 0 Å². The van der Waals surface area contributed by atoms with Crippen LogP contribution in [0.5, 0.6) is 5.75 Å². The number of carbonyl (C=O) groups excluding carboxylic acids is 3. The molecule has 0 N–H and O–H groups in total. The van der Waals surface area contributed by atoms with Crippen LogP contribution in [0.1, 0.15) is 45.8 Å². The van der Waals surface area contributed by atoms with Crippen LogP contribution in [0.4, 0.5) is 11.4 Å². The molecule has 0 atom stereocenters. The van der Waals surface area contributed by atoms with Crippen molar-refractivity contribution < 1.29 is 53.8 Å². The van der Waals surface area contributed by atoms with Crippen molar-refractivity contribution in [1.29, 1.82) is 0 Å². The van der Waals surface area contributed by atoms with Gasteiger partial charge in [-0.05, 0) is 67.8 Å². The minimum Gasteiger partial charge on any atom is -0.543 e. The van der Waals surface area contributed by atoms with Gasteiger partial charge in [-0.1, -0.05) is 0 Å². The van der Waals surface area contributed by atoms with Gasteiger partial charge in [0, 0.05) is 36.4 Å². The Morgan fingerprint density at radius 2 is 1.51 bits per heavy atom. The van der Waals surface area contributed by atoms with Crippen LogP contribution in [-0.2, 0) is 11.2 Å². The predicted octanol–water partition coefficient (Wildman–Crippen LogP) is -1.03. The van der Waals surface area contributed by atoms with E-state index in [1.54, 1.807) is 41.2 Å². The molecule has 0 bridgehead atoms. The van der Waals surface area contributed by atoms with Gasteiger partial charge in [-0.3, -0.25) is 9.59 Å². The Hall–Kier alpha value is -3.14. The average Bonchev–Trinajstić information content (AvgIpc) is 3.26. The minimum absolute atomic E-state index is 0. The maximum absolute atomic E-state index is 13.6. The van der Waals surface area contributed by atoms with Crippen LogP contribution in [0.15, 0.2) is 48.5 Å². The third-order valence-corrected chi connectivity index (χ3v) is 6.32. The molecule has 1 saturated heterocycles. The maximum atomic E-state index is 13.6. The Morgan fingerprint density at radius 1 is 0.886 bits per heavy atom. The Balaban J connectivity index is 0.00000289. The topological polar surface area (TPSA) is 108 Å². The Bertz CT molecular complexity index is 1270. The third-order valence-electron chi connectivity index (χ3n) is 6.32. The second kappa shape index (κ2) is 10.2. The number of ether oxygens (including phenoxy) is 1. The van der Waals surface area contributed by atoms with E-state index in [1.807, 2.05) is 24.3 Å². The zero-order valence-corrected chi connectivity index (χ0v) is 21.7. The number of anilines is 2. The Kier molecular flexibility index (Phi) is 7.30. The molecule has 2 aliphatic heterocycles. The van der Waals surface area contributed by atoms with Gasteiger partial charge in [-0.25, -0.2) is 4.68 Å². The van der Waals surface area contributed by atoms with E-state index in [4.69, 9.17) is 4.74 Å². The molecule has 0 saturated carbocycles. The van der Waals surface area contributed by atoms with Crippen LogP contribution in [0.2, 0.25) is 0 Å². The fourth-order valence-corrected chi connectivity index (χ4v) is 4.57. The molecule has 1 aromatic heterocycles. The SMILES string of the molecule is COc1ccc(-n2nc(C(=O)[O-])c3c2C(=O)N(c2ccc(N4CCCCC4=O)cc2)CC3)cc1.[Na+]. The van der Waals surface area contributed by atoms with E-state index < -0.39 is 5.97 Å². The van der Waals surface area contributed by atoms with E-state index in [1.165, 1.54) is 4.68 Å². The van der Waals surface area contributed by atoms with Gasteiger partial charge in [0.05, 0.1) is 18.8 Å². The van der Waals surface area contributed by atoms with E-state index in [2.05, 4.69) is 5.10 Å². The summed E-state index contributed by atoms with van der Waals surface area (Å²) < 4.78 is 6.54. The van der Waals surface area contributed by atoms with Crippen molar-refractivity contribution in [3.63, 3.8) is 0 Å². The zero-order valence-electron chi connectivity index (χ0n) is 19.7. The van der Waals surface area contributed by atoms with Crippen LogP contribution in [0, 0.1) is 0 Å². The van der Waals surface area contributed by atoms with Crippen LogP contribution < -0.4 is 49.2 Å². The van der Waals surface area contributed by atoms with Crippen molar-refractivity contribution in [3.8, 4) is 11.4 Å². The number of carboxylic acid groups (broad SMARTS) is 1. The largest absolute Gasteiger partial charge is 1.00 e. The monoisotopic (exact) mass is 482 g/mol. The van der Waals surface area contributed by atoms with Crippen LogP contribution in [0.3, 0.4) is 0 Å². The van der Waals surface area contributed by atoms with Gasteiger partial charge in [0.15, 0.2) is 0 Å². The number of nitrogens with zero attached hydrogens (tertiary/aromatic N) is 4. The van der Waals surface area contributed by atoms with Crippen molar-refractivity contribution in [3.05, 3.63) is 65.5 Å². The first-order valence-corrected chi connectivity index (χ1v) is 11.2. The number of fused-ring (bicyclic) bond motifs is 1. The van der Waals surface area contributed by atoms with Crippen molar-refractivity contribution in [2.45, 2.75) is 25.7 Å². The molecule has 3 heterocycles. The van der Waals surface area contributed by atoms with Gasteiger partial charge < -0.3 is 24.4 Å². The molecule has 5 rings (SSSR count). The quantitative estimate of drug-likeness (QED) is 0.431. The van der Waals surface area contributed by atoms with Gasteiger partial charge in [0.1, 0.15) is 17.1 Å². The molecule has 0 radical (unpaired) electrons. The number of rotatable bonds is 5. The second-order valence-corrected chi connectivity index (χ2v) is 8.30. The summed E-state index contributed by atoms with van der Waals surface area (Å²) in [5.41, 5.74) is 2.36. The Labute approximate surface area is 224 Å². The fraction of sp³-hybridized carbons (Fsp3) is 0.280. The fourth-order valence-electron chi connectivity index (χ4n) is 4.57. The number of piperidine rings is 1. The molecule has 2 aromatic carbocycles. The number of methoxy groups -OCH3 is 1. The summed E-state index contributed by atoms with van der Waals surface area (Å²) in [6, 6.07) is 14.2. The molecule has 35 heavy (non-hydrogen) atoms. The van der Waals surface area contributed by atoms with E-state index >= 15 is 0 Å². The number of hydrogen-bond acceptors (Lipinski definition) is 6. The number of aromatic carboxylic acids is 1. The second-order valence-electron chi connectivity index (χ2n) is 8.30. The summed E-state index contributed by atoms with van der Waals surface area (Å²) in [6.45, 7) is 1.000. The third kappa shape index (κ3) is 4.59. The molecular formula is C25H23N4NaO5. The number of carboxylic acids is 1. The van der Waals surface area contributed by atoms with Crippen LogP contribution in [-0.4, -0.2) is 47.8 Å². The maximum Gasteiger partial charge on any atom is 1.00 e. The van der Waals surface area contributed by atoms with E-state index in [-0.39, 0.29) is 52.8 Å². The van der Waals surface area contributed by atoms with E-state index in [0.29, 0.717) is 48.6 Å². The molecule has 2 amide bonds. The van der Waals surface area contributed by atoms with Crippen LogP contribution >= 0.6 is 0 Å². The number of hydrogen-bond donors (Lipinski definition) is 0. The minimum atomic E-state index is -1.42. The van der Waals surface area contributed by atoms with E-state index in [0.717, 1.165) is 18.5 Å². The molecule has 0 spiro atoms.